The maximum Gasteiger partial charge on any atom is 0.0753 e. The molecule has 2 fully saturated rings. The number of unbranched alkanes of at least 4 members (excludes halogenated alkanes) is 4. The van der Waals surface area contributed by atoms with Gasteiger partial charge in [-0.2, -0.15) is 5.26 Å². The summed E-state index contributed by atoms with van der Waals surface area (Å²) >= 11 is 0. The molecule has 0 heterocycles. The Morgan fingerprint density at radius 3 is 2.12 bits per heavy atom. The summed E-state index contributed by atoms with van der Waals surface area (Å²) in [5, 5.41) is 9.63. The zero-order valence-corrected chi connectivity index (χ0v) is 16.9. The number of hydrogen-bond acceptors (Lipinski definition) is 1. The lowest BCUT2D eigenvalue weighted by molar-refractivity contribution is 0.136. The van der Waals surface area contributed by atoms with Crippen molar-refractivity contribution in [1.82, 2.24) is 0 Å². The van der Waals surface area contributed by atoms with Crippen molar-refractivity contribution in [2.45, 2.75) is 110 Å². The van der Waals surface area contributed by atoms with Crippen LogP contribution in [0.25, 0.3) is 0 Å². The highest BCUT2D eigenvalue weighted by Crippen LogP contribution is 2.46. The number of nitrogens with zero attached hydrogens (tertiary/aromatic N) is 1. The average molecular weight is 344 g/mol. The minimum atomic E-state index is -0.137. The maximum atomic E-state index is 9.63. The summed E-state index contributed by atoms with van der Waals surface area (Å²) < 4.78 is 0. The number of hydrogen-bond donors (Lipinski definition) is 0. The standard InChI is InChI=1S/C24H41N/c1-3-5-7-8-9-10-21-11-13-22(14-12-21)23-15-18-24(20-25,19-16-23)17-6-4-2/h6,17,21-23H,3-5,7-16,18-19H2,1-2H3. The van der Waals surface area contributed by atoms with Gasteiger partial charge in [0.15, 0.2) is 0 Å². The van der Waals surface area contributed by atoms with Gasteiger partial charge < -0.3 is 0 Å². The van der Waals surface area contributed by atoms with E-state index in [0.717, 1.165) is 37.0 Å². The molecule has 2 rings (SSSR count). The molecule has 0 N–H and O–H groups in total. The summed E-state index contributed by atoms with van der Waals surface area (Å²) in [7, 11) is 0. The van der Waals surface area contributed by atoms with Crippen LogP contribution in [0.2, 0.25) is 0 Å². The van der Waals surface area contributed by atoms with Crippen LogP contribution < -0.4 is 0 Å². The van der Waals surface area contributed by atoms with Crippen molar-refractivity contribution in [3.8, 4) is 6.07 Å². The quantitative estimate of drug-likeness (QED) is 0.309. The van der Waals surface area contributed by atoms with Gasteiger partial charge in [-0.05, 0) is 62.7 Å². The van der Waals surface area contributed by atoms with E-state index in [1.165, 1.54) is 77.0 Å². The van der Waals surface area contributed by atoms with E-state index in [9.17, 15) is 5.26 Å². The second-order valence-corrected chi connectivity index (χ2v) is 8.90. The molecule has 1 heteroatoms. The molecule has 0 aliphatic heterocycles. The molecule has 0 aromatic rings. The van der Waals surface area contributed by atoms with E-state index in [4.69, 9.17) is 0 Å². The third-order valence-electron chi connectivity index (χ3n) is 7.09. The molecule has 1 nitrogen and oxygen atoms in total. The number of allylic oxidation sites excluding steroid dienone is 2. The van der Waals surface area contributed by atoms with Crippen molar-refractivity contribution in [3.63, 3.8) is 0 Å². The van der Waals surface area contributed by atoms with Crippen molar-refractivity contribution >= 4 is 0 Å². The van der Waals surface area contributed by atoms with Gasteiger partial charge in [0.05, 0.1) is 11.5 Å². The first-order valence-corrected chi connectivity index (χ1v) is 11.3. The Kier molecular flexibility index (Phi) is 9.08. The van der Waals surface area contributed by atoms with E-state index < -0.39 is 0 Å². The van der Waals surface area contributed by atoms with Gasteiger partial charge in [0, 0.05) is 0 Å². The molecule has 0 spiro atoms. The fourth-order valence-electron chi connectivity index (χ4n) is 5.27. The van der Waals surface area contributed by atoms with Gasteiger partial charge in [-0.3, -0.25) is 0 Å². The minimum absolute atomic E-state index is 0.137. The molecular weight excluding hydrogens is 302 g/mol. The molecule has 2 aliphatic carbocycles. The highest BCUT2D eigenvalue weighted by Gasteiger charge is 2.37. The Morgan fingerprint density at radius 1 is 0.880 bits per heavy atom. The third-order valence-corrected chi connectivity index (χ3v) is 7.09. The lowest BCUT2D eigenvalue weighted by Crippen LogP contribution is -2.30. The smallest absolute Gasteiger partial charge is 0.0753 e. The van der Waals surface area contributed by atoms with Crippen LogP contribution in [0.15, 0.2) is 12.2 Å². The minimum Gasteiger partial charge on any atom is -0.197 e. The molecule has 0 saturated heterocycles. The Balaban J connectivity index is 1.67. The van der Waals surface area contributed by atoms with Gasteiger partial charge in [-0.25, -0.2) is 0 Å². The lowest BCUT2D eigenvalue weighted by Gasteiger charge is -2.39. The monoisotopic (exact) mass is 343 g/mol. The molecule has 0 radical (unpaired) electrons. The van der Waals surface area contributed by atoms with Crippen LogP contribution in [0.4, 0.5) is 0 Å². The first kappa shape index (κ1) is 20.5. The maximum absolute atomic E-state index is 9.63. The van der Waals surface area contributed by atoms with Crippen LogP contribution in [-0.4, -0.2) is 0 Å². The molecule has 0 aromatic carbocycles. The van der Waals surface area contributed by atoms with Gasteiger partial charge >= 0.3 is 0 Å². The fraction of sp³-hybridized carbons (Fsp3) is 0.875. The van der Waals surface area contributed by atoms with Crippen molar-refractivity contribution in [2.75, 3.05) is 0 Å². The van der Waals surface area contributed by atoms with Gasteiger partial charge in [-0.1, -0.05) is 77.4 Å². The van der Waals surface area contributed by atoms with E-state index >= 15 is 0 Å². The van der Waals surface area contributed by atoms with Crippen molar-refractivity contribution in [2.24, 2.45) is 23.2 Å². The van der Waals surface area contributed by atoms with E-state index in [1.807, 2.05) is 0 Å². The van der Waals surface area contributed by atoms with E-state index in [0.29, 0.717) is 0 Å². The molecule has 25 heavy (non-hydrogen) atoms. The summed E-state index contributed by atoms with van der Waals surface area (Å²) in [5.41, 5.74) is -0.137. The van der Waals surface area contributed by atoms with Crippen molar-refractivity contribution in [3.05, 3.63) is 12.2 Å². The summed E-state index contributed by atoms with van der Waals surface area (Å²) in [5.74, 6) is 2.89. The van der Waals surface area contributed by atoms with E-state index in [1.54, 1.807) is 0 Å². The Hall–Kier alpha value is -0.770. The van der Waals surface area contributed by atoms with Crippen LogP contribution in [0.3, 0.4) is 0 Å². The van der Waals surface area contributed by atoms with Crippen molar-refractivity contribution < 1.29 is 0 Å². The van der Waals surface area contributed by atoms with E-state index in [2.05, 4.69) is 32.1 Å². The largest absolute Gasteiger partial charge is 0.197 e. The average Bonchev–Trinajstić information content (AvgIpc) is 2.67. The van der Waals surface area contributed by atoms with Crippen LogP contribution >= 0.6 is 0 Å². The lowest BCUT2D eigenvalue weighted by atomic mass is 9.64. The van der Waals surface area contributed by atoms with Crippen LogP contribution in [0.1, 0.15) is 110 Å². The summed E-state index contributed by atoms with van der Waals surface area (Å²) in [4.78, 5) is 0. The Morgan fingerprint density at radius 2 is 1.52 bits per heavy atom. The predicted octanol–water partition coefficient (Wildman–Crippen LogP) is 7.82. The molecule has 2 aliphatic rings. The second-order valence-electron chi connectivity index (χ2n) is 8.90. The molecule has 0 bridgehead atoms. The zero-order valence-electron chi connectivity index (χ0n) is 16.9. The highest BCUT2D eigenvalue weighted by atomic mass is 14.4. The SMILES string of the molecule is CCC=CC1(C#N)CCC(C2CCC(CCCCCCC)CC2)CC1. The zero-order chi connectivity index (χ0) is 18.0. The second kappa shape index (κ2) is 11.1. The molecule has 0 aromatic heterocycles. The summed E-state index contributed by atoms with van der Waals surface area (Å²) in [6.45, 7) is 4.46. The Bertz CT molecular complexity index is 414. The van der Waals surface area contributed by atoms with E-state index in [-0.39, 0.29) is 5.41 Å². The van der Waals surface area contributed by atoms with Crippen LogP contribution in [0.5, 0.6) is 0 Å². The third kappa shape index (κ3) is 6.47. The topological polar surface area (TPSA) is 23.8 Å². The van der Waals surface area contributed by atoms with Gasteiger partial charge in [0.2, 0.25) is 0 Å². The summed E-state index contributed by atoms with van der Waals surface area (Å²) in [6, 6.07) is 2.63. The van der Waals surface area contributed by atoms with Crippen LogP contribution in [0, 0.1) is 34.5 Å². The Labute approximate surface area is 157 Å². The molecule has 0 amide bonds. The molecule has 0 atom stereocenters. The van der Waals surface area contributed by atoms with Gasteiger partial charge in [-0.15, -0.1) is 0 Å². The van der Waals surface area contributed by atoms with Crippen molar-refractivity contribution in [1.29, 1.82) is 5.26 Å². The molecule has 2 saturated carbocycles. The van der Waals surface area contributed by atoms with Crippen LogP contribution in [-0.2, 0) is 0 Å². The van der Waals surface area contributed by atoms with Gasteiger partial charge in [0.25, 0.3) is 0 Å². The van der Waals surface area contributed by atoms with Gasteiger partial charge in [0.1, 0.15) is 0 Å². The normalized spacial score (nSPS) is 33.4. The highest BCUT2D eigenvalue weighted by molar-refractivity contribution is 5.14. The molecule has 0 unspecified atom stereocenters. The number of rotatable bonds is 9. The number of nitriles is 1. The predicted molar refractivity (Wildman–Crippen MR) is 108 cm³/mol. The molecular formula is C24H41N. The molecule has 142 valence electrons. The first-order valence-electron chi connectivity index (χ1n) is 11.3. The fourth-order valence-corrected chi connectivity index (χ4v) is 5.27. The summed E-state index contributed by atoms with van der Waals surface area (Å²) in [6.07, 6.45) is 24.8. The first-order chi connectivity index (χ1) is 12.2.